The monoisotopic (exact) mass is 194 g/mol. The van der Waals surface area contributed by atoms with Gasteiger partial charge in [0.25, 0.3) is 0 Å². The van der Waals surface area contributed by atoms with Crippen LogP contribution in [0.3, 0.4) is 0 Å². The fourth-order valence-electron chi connectivity index (χ4n) is 0.992. The third-order valence-electron chi connectivity index (χ3n) is 1.75. The molecule has 13 heavy (non-hydrogen) atoms. The third-order valence-corrected chi connectivity index (χ3v) is 2.00. The zero-order valence-corrected chi connectivity index (χ0v) is 8.59. The van der Waals surface area contributed by atoms with E-state index in [4.69, 9.17) is 5.73 Å². The molecule has 0 aliphatic heterocycles. The normalized spacial score (nSPS) is 10.9. The maximum absolute atomic E-state index is 5.60. The van der Waals surface area contributed by atoms with E-state index in [2.05, 4.69) is 23.7 Å². The number of hydrogen-bond acceptors (Lipinski definition) is 3. The van der Waals surface area contributed by atoms with Crippen molar-refractivity contribution in [2.24, 2.45) is 0 Å². The van der Waals surface area contributed by atoms with Crippen LogP contribution in [-0.2, 0) is 0 Å². The van der Waals surface area contributed by atoms with E-state index in [9.17, 15) is 0 Å². The Hall–Kier alpha value is -0.960. The summed E-state index contributed by atoms with van der Waals surface area (Å²) in [6.07, 6.45) is 6.87. The van der Waals surface area contributed by atoms with Gasteiger partial charge in [-0.05, 0) is 36.3 Å². The standard InChI is InChI=1S/C10H14N2S/c1-8-6-9(4-2-3-5-13)7-12-10(8)11/h2,4,6-7,13H,3,5H2,1H3,(H2,11,12). The highest BCUT2D eigenvalue weighted by Gasteiger charge is 1.93. The summed E-state index contributed by atoms with van der Waals surface area (Å²) in [6.45, 7) is 1.96. The average Bonchev–Trinajstić information content (AvgIpc) is 2.12. The lowest BCUT2D eigenvalue weighted by Crippen LogP contribution is -1.93. The maximum atomic E-state index is 5.60. The molecule has 0 fully saturated rings. The summed E-state index contributed by atoms with van der Waals surface area (Å²) in [4.78, 5) is 4.06. The van der Waals surface area contributed by atoms with Gasteiger partial charge in [-0.2, -0.15) is 12.6 Å². The van der Waals surface area contributed by atoms with Crippen LogP contribution in [0, 0.1) is 6.92 Å². The van der Waals surface area contributed by atoms with E-state index in [1.54, 1.807) is 6.20 Å². The molecule has 3 heteroatoms. The summed E-state index contributed by atoms with van der Waals surface area (Å²) >= 11 is 4.12. The highest BCUT2D eigenvalue weighted by atomic mass is 32.1. The maximum Gasteiger partial charge on any atom is 0.126 e. The van der Waals surface area contributed by atoms with Crippen molar-refractivity contribution in [3.05, 3.63) is 29.5 Å². The largest absolute Gasteiger partial charge is 0.383 e. The van der Waals surface area contributed by atoms with Gasteiger partial charge in [0, 0.05) is 6.20 Å². The average molecular weight is 194 g/mol. The molecule has 0 saturated heterocycles. The molecule has 1 heterocycles. The van der Waals surface area contributed by atoms with Crippen LogP contribution in [0.2, 0.25) is 0 Å². The molecule has 0 bridgehead atoms. The van der Waals surface area contributed by atoms with Gasteiger partial charge >= 0.3 is 0 Å². The van der Waals surface area contributed by atoms with Crippen LogP contribution < -0.4 is 5.73 Å². The van der Waals surface area contributed by atoms with E-state index < -0.39 is 0 Å². The van der Waals surface area contributed by atoms with Crippen LogP contribution in [0.25, 0.3) is 6.08 Å². The summed E-state index contributed by atoms with van der Waals surface area (Å²) < 4.78 is 0. The lowest BCUT2D eigenvalue weighted by molar-refractivity contribution is 1.25. The van der Waals surface area contributed by atoms with E-state index in [0.29, 0.717) is 5.82 Å². The summed E-state index contributed by atoms with van der Waals surface area (Å²) in [5.74, 6) is 1.48. The van der Waals surface area contributed by atoms with Gasteiger partial charge in [0.15, 0.2) is 0 Å². The number of aromatic nitrogens is 1. The minimum Gasteiger partial charge on any atom is -0.383 e. The zero-order chi connectivity index (χ0) is 9.68. The smallest absolute Gasteiger partial charge is 0.126 e. The Morgan fingerprint density at radius 3 is 3.00 bits per heavy atom. The molecule has 70 valence electrons. The Kier molecular flexibility index (Phi) is 3.83. The molecule has 0 radical (unpaired) electrons. The molecule has 0 saturated carbocycles. The lowest BCUT2D eigenvalue weighted by Gasteiger charge is -1.99. The number of anilines is 1. The molecule has 0 aliphatic rings. The molecule has 1 aromatic rings. The van der Waals surface area contributed by atoms with Gasteiger partial charge in [-0.25, -0.2) is 4.98 Å². The molecule has 0 unspecified atom stereocenters. The first-order valence-electron chi connectivity index (χ1n) is 4.23. The molecule has 0 atom stereocenters. The second kappa shape index (κ2) is 4.92. The van der Waals surface area contributed by atoms with Gasteiger partial charge in [0.05, 0.1) is 0 Å². The molecule has 0 aliphatic carbocycles. The van der Waals surface area contributed by atoms with Gasteiger partial charge in [0.2, 0.25) is 0 Å². The quantitative estimate of drug-likeness (QED) is 0.725. The Labute approximate surface area is 84.3 Å². The fourth-order valence-corrected chi connectivity index (χ4v) is 1.14. The zero-order valence-electron chi connectivity index (χ0n) is 7.70. The first kappa shape index (κ1) is 10.1. The molecule has 1 rings (SSSR count). The Morgan fingerprint density at radius 2 is 2.38 bits per heavy atom. The van der Waals surface area contributed by atoms with Gasteiger partial charge in [-0.1, -0.05) is 12.2 Å². The second-order valence-electron chi connectivity index (χ2n) is 2.89. The van der Waals surface area contributed by atoms with Crippen molar-refractivity contribution in [2.45, 2.75) is 13.3 Å². The van der Waals surface area contributed by atoms with Crippen molar-refractivity contribution in [1.29, 1.82) is 0 Å². The van der Waals surface area contributed by atoms with Crippen LogP contribution in [0.5, 0.6) is 0 Å². The Bertz CT molecular complexity index is 308. The van der Waals surface area contributed by atoms with Crippen LogP contribution >= 0.6 is 12.6 Å². The first-order chi connectivity index (χ1) is 6.24. The highest BCUT2D eigenvalue weighted by molar-refractivity contribution is 7.80. The molecule has 2 N–H and O–H groups in total. The van der Waals surface area contributed by atoms with Crippen LogP contribution in [0.1, 0.15) is 17.5 Å². The van der Waals surface area contributed by atoms with E-state index in [-0.39, 0.29) is 0 Å². The van der Waals surface area contributed by atoms with Crippen molar-refractivity contribution in [2.75, 3.05) is 11.5 Å². The summed E-state index contributed by atoms with van der Waals surface area (Å²) in [7, 11) is 0. The number of rotatable bonds is 3. The third kappa shape index (κ3) is 3.11. The number of thiol groups is 1. The molecular weight excluding hydrogens is 180 g/mol. The highest BCUT2D eigenvalue weighted by Crippen LogP contribution is 2.10. The van der Waals surface area contributed by atoms with E-state index in [0.717, 1.165) is 23.3 Å². The molecule has 0 aromatic carbocycles. The first-order valence-corrected chi connectivity index (χ1v) is 4.87. The van der Waals surface area contributed by atoms with Crippen molar-refractivity contribution in [3.63, 3.8) is 0 Å². The molecular formula is C10H14N2S. The number of allylic oxidation sites excluding steroid dienone is 1. The van der Waals surface area contributed by atoms with Crippen LogP contribution in [0.15, 0.2) is 18.3 Å². The van der Waals surface area contributed by atoms with Crippen molar-refractivity contribution < 1.29 is 0 Å². The van der Waals surface area contributed by atoms with E-state index in [1.165, 1.54) is 0 Å². The number of nitrogens with two attached hydrogens (primary N) is 1. The second-order valence-corrected chi connectivity index (χ2v) is 3.33. The minimum atomic E-state index is 0.603. The molecule has 2 nitrogen and oxygen atoms in total. The summed E-state index contributed by atoms with van der Waals surface area (Å²) in [5.41, 5.74) is 7.71. The van der Waals surface area contributed by atoms with Crippen molar-refractivity contribution in [1.82, 2.24) is 4.98 Å². The van der Waals surface area contributed by atoms with Crippen molar-refractivity contribution >= 4 is 24.5 Å². The minimum absolute atomic E-state index is 0.603. The van der Waals surface area contributed by atoms with E-state index >= 15 is 0 Å². The van der Waals surface area contributed by atoms with E-state index in [1.807, 2.05) is 19.1 Å². The predicted octanol–water partition coefficient (Wildman–Crippen LogP) is 2.31. The summed E-state index contributed by atoms with van der Waals surface area (Å²) in [6, 6.07) is 2.03. The molecule has 1 aromatic heterocycles. The van der Waals surface area contributed by atoms with Crippen LogP contribution in [-0.4, -0.2) is 10.7 Å². The van der Waals surface area contributed by atoms with Gasteiger partial charge in [0.1, 0.15) is 5.82 Å². The van der Waals surface area contributed by atoms with Gasteiger partial charge in [-0.3, -0.25) is 0 Å². The Balaban J connectivity index is 2.73. The lowest BCUT2D eigenvalue weighted by atomic mass is 10.2. The Morgan fingerprint density at radius 1 is 1.62 bits per heavy atom. The SMILES string of the molecule is Cc1cc(C=CCCS)cnc1N. The fraction of sp³-hybridized carbons (Fsp3) is 0.300. The number of hydrogen-bond donors (Lipinski definition) is 2. The predicted molar refractivity (Wildman–Crippen MR) is 60.9 cm³/mol. The molecule has 0 amide bonds. The number of aryl methyl sites for hydroxylation is 1. The van der Waals surface area contributed by atoms with Gasteiger partial charge < -0.3 is 5.73 Å². The molecule has 0 spiro atoms. The number of pyridine rings is 1. The topological polar surface area (TPSA) is 38.9 Å². The van der Waals surface area contributed by atoms with Gasteiger partial charge in [-0.15, -0.1) is 0 Å². The van der Waals surface area contributed by atoms with Crippen LogP contribution in [0.4, 0.5) is 5.82 Å². The number of nitrogen functional groups attached to an aromatic ring is 1. The van der Waals surface area contributed by atoms with Crippen molar-refractivity contribution in [3.8, 4) is 0 Å². The summed E-state index contributed by atoms with van der Waals surface area (Å²) in [5, 5.41) is 0. The number of nitrogens with zero attached hydrogens (tertiary/aromatic N) is 1.